The third-order valence-corrected chi connectivity index (χ3v) is 2.79. The van der Waals surface area contributed by atoms with Crippen LogP contribution in [-0.2, 0) is 6.42 Å². The average molecular weight is 238 g/mol. The molecule has 0 saturated heterocycles. The largest absolute Gasteiger partial charge is 0.382 e. The van der Waals surface area contributed by atoms with Crippen LogP contribution in [0.25, 0.3) is 0 Å². The zero-order valence-electron chi connectivity index (χ0n) is 9.06. The van der Waals surface area contributed by atoms with Crippen LogP contribution in [0.1, 0.15) is 12.5 Å². The molecule has 1 aliphatic rings. The Morgan fingerprint density at radius 3 is 2.62 bits per heavy atom. The van der Waals surface area contributed by atoms with E-state index in [4.69, 9.17) is 11.6 Å². The zero-order valence-corrected chi connectivity index (χ0v) is 9.81. The number of rotatable bonds is 2. The van der Waals surface area contributed by atoms with Gasteiger partial charge in [-0.05, 0) is 30.7 Å². The summed E-state index contributed by atoms with van der Waals surface area (Å²) in [6, 6.07) is 7.46. The molecule has 2 rings (SSSR count). The van der Waals surface area contributed by atoms with Gasteiger partial charge >= 0.3 is 0 Å². The molecule has 0 saturated carbocycles. The molecule has 1 aromatic rings. The molecule has 3 heteroatoms. The van der Waals surface area contributed by atoms with Crippen LogP contribution < -0.4 is 5.32 Å². The summed E-state index contributed by atoms with van der Waals surface area (Å²) < 4.78 is 13.6. The molecule has 0 bridgehead atoms. The minimum atomic E-state index is -0.168. The molecule has 0 atom stereocenters. The van der Waals surface area contributed by atoms with Crippen molar-refractivity contribution in [2.24, 2.45) is 0 Å². The van der Waals surface area contributed by atoms with Crippen LogP contribution in [-0.4, -0.2) is 6.54 Å². The van der Waals surface area contributed by atoms with Crippen molar-refractivity contribution in [2.75, 3.05) is 6.54 Å². The first kappa shape index (κ1) is 11.2. The SMILES string of the molecule is CC1=CC(F)=C(Cc2ccc(Cl)cc2)NC1. The van der Waals surface area contributed by atoms with Crippen LogP contribution in [0, 0.1) is 0 Å². The highest BCUT2D eigenvalue weighted by atomic mass is 35.5. The Kier molecular flexibility index (Phi) is 3.30. The number of dihydropyridines is 1. The molecule has 0 aromatic heterocycles. The second-order valence-corrected chi connectivity index (χ2v) is 4.41. The minimum Gasteiger partial charge on any atom is -0.382 e. The van der Waals surface area contributed by atoms with Crippen molar-refractivity contribution in [1.82, 2.24) is 5.32 Å². The van der Waals surface area contributed by atoms with E-state index in [1.54, 1.807) is 6.08 Å². The van der Waals surface area contributed by atoms with Crippen LogP contribution in [0.4, 0.5) is 4.39 Å². The Labute approximate surface area is 99.6 Å². The molecular formula is C13H13ClFN. The van der Waals surface area contributed by atoms with E-state index in [9.17, 15) is 4.39 Å². The summed E-state index contributed by atoms with van der Waals surface area (Å²) in [6.07, 6.45) is 2.16. The van der Waals surface area contributed by atoms with Gasteiger partial charge in [0.2, 0.25) is 0 Å². The number of benzene rings is 1. The van der Waals surface area contributed by atoms with Crippen molar-refractivity contribution in [3.63, 3.8) is 0 Å². The summed E-state index contributed by atoms with van der Waals surface area (Å²) in [4.78, 5) is 0. The van der Waals surface area contributed by atoms with Gasteiger partial charge in [0, 0.05) is 18.0 Å². The van der Waals surface area contributed by atoms with E-state index in [1.165, 1.54) is 0 Å². The first-order valence-electron chi connectivity index (χ1n) is 5.19. The Balaban J connectivity index is 2.16. The first-order chi connectivity index (χ1) is 7.65. The smallest absolute Gasteiger partial charge is 0.142 e. The van der Waals surface area contributed by atoms with Gasteiger partial charge in [0.05, 0.1) is 5.70 Å². The molecular weight excluding hydrogens is 225 g/mol. The zero-order chi connectivity index (χ0) is 11.5. The van der Waals surface area contributed by atoms with Crippen LogP contribution in [0.2, 0.25) is 5.02 Å². The van der Waals surface area contributed by atoms with E-state index < -0.39 is 0 Å². The van der Waals surface area contributed by atoms with Crippen LogP contribution >= 0.6 is 11.6 Å². The second-order valence-electron chi connectivity index (χ2n) is 3.97. The topological polar surface area (TPSA) is 12.0 Å². The van der Waals surface area contributed by atoms with Gasteiger partial charge in [0.15, 0.2) is 0 Å². The first-order valence-corrected chi connectivity index (χ1v) is 5.57. The van der Waals surface area contributed by atoms with Crippen molar-refractivity contribution < 1.29 is 4.39 Å². The second kappa shape index (κ2) is 4.71. The number of halogens is 2. The quantitative estimate of drug-likeness (QED) is 0.829. The summed E-state index contributed by atoms with van der Waals surface area (Å²) in [5, 5.41) is 3.78. The van der Waals surface area contributed by atoms with E-state index in [1.807, 2.05) is 31.2 Å². The summed E-state index contributed by atoms with van der Waals surface area (Å²) in [5.41, 5.74) is 2.71. The van der Waals surface area contributed by atoms with Gasteiger partial charge in [0.1, 0.15) is 5.83 Å². The predicted molar refractivity (Wildman–Crippen MR) is 65.0 cm³/mol. The fraction of sp³-hybridized carbons (Fsp3) is 0.231. The molecule has 0 radical (unpaired) electrons. The van der Waals surface area contributed by atoms with Gasteiger partial charge in [-0.15, -0.1) is 0 Å². The van der Waals surface area contributed by atoms with Crippen LogP contribution in [0.3, 0.4) is 0 Å². The van der Waals surface area contributed by atoms with Crippen LogP contribution in [0.5, 0.6) is 0 Å². The Hall–Kier alpha value is -1.28. The van der Waals surface area contributed by atoms with E-state index in [2.05, 4.69) is 5.32 Å². The fourth-order valence-corrected chi connectivity index (χ4v) is 1.76. The highest BCUT2D eigenvalue weighted by Gasteiger charge is 2.10. The van der Waals surface area contributed by atoms with E-state index in [0.29, 0.717) is 17.1 Å². The van der Waals surface area contributed by atoms with Gasteiger partial charge < -0.3 is 5.32 Å². The lowest BCUT2D eigenvalue weighted by molar-refractivity contribution is 0.611. The lowest BCUT2D eigenvalue weighted by Crippen LogP contribution is -2.21. The lowest BCUT2D eigenvalue weighted by Gasteiger charge is -2.16. The third kappa shape index (κ3) is 2.64. The molecule has 0 aliphatic carbocycles. The average Bonchev–Trinajstić information content (AvgIpc) is 2.25. The number of hydrogen-bond acceptors (Lipinski definition) is 1. The summed E-state index contributed by atoms with van der Waals surface area (Å²) in [6.45, 7) is 2.63. The molecule has 0 spiro atoms. The monoisotopic (exact) mass is 237 g/mol. The summed E-state index contributed by atoms with van der Waals surface area (Å²) in [5.74, 6) is -0.168. The Morgan fingerprint density at radius 2 is 2.00 bits per heavy atom. The van der Waals surface area contributed by atoms with E-state index >= 15 is 0 Å². The van der Waals surface area contributed by atoms with E-state index in [-0.39, 0.29) is 5.83 Å². The maximum absolute atomic E-state index is 13.6. The molecule has 1 heterocycles. The lowest BCUT2D eigenvalue weighted by atomic mass is 10.1. The third-order valence-electron chi connectivity index (χ3n) is 2.54. The summed E-state index contributed by atoms with van der Waals surface area (Å²) in [7, 11) is 0. The maximum Gasteiger partial charge on any atom is 0.142 e. The highest BCUT2D eigenvalue weighted by molar-refractivity contribution is 6.30. The van der Waals surface area contributed by atoms with Crippen molar-refractivity contribution in [2.45, 2.75) is 13.3 Å². The van der Waals surface area contributed by atoms with Gasteiger partial charge in [-0.3, -0.25) is 0 Å². The molecule has 1 nitrogen and oxygen atoms in total. The molecule has 0 unspecified atom stereocenters. The van der Waals surface area contributed by atoms with Crippen molar-refractivity contribution >= 4 is 11.6 Å². The maximum atomic E-state index is 13.6. The fourth-order valence-electron chi connectivity index (χ4n) is 1.64. The van der Waals surface area contributed by atoms with E-state index in [0.717, 1.165) is 17.7 Å². The molecule has 84 valence electrons. The predicted octanol–water partition coefficient (Wildman–Crippen LogP) is 3.61. The molecule has 1 aliphatic heterocycles. The number of hydrogen-bond donors (Lipinski definition) is 1. The molecule has 0 amide bonds. The Bertz CT molecular complexity index is 446. The Morgan fingerprint density at radius 1 is 1.31 bits per heavy atom. The van der Waals surface area contributed by atoms with Gasteiger partial charge in [-0.1, -0.05) is 29.3 Å². The van der Waals surface area contributed by atoms with Crippen molar-refractivity contribution in [1.29, 1.82) is 0 Å². The summed E-state index contributed by atoms with van der Waals surface area (Å²) >= 11 is 5.79. The van der Waals surface area contributed by atoms with Gasteiger partial charge in [-0.25, -0.2) is 4.39 Å². The number of nitrogens with one attached hydrogen (secondary N) is 1. The van der Waals surface area contributed by atoms with Crippen molar-refractivity contribution in [3.05, 3.63) is 58.0 Å². The minimum absolute atomic E-state index is 0.168. The standard InChI is InChI=1S/C13H13ClFN/c1-9-6-12(15)13(16-8-9)7-10-2-4-11(14)5-3-10/h2-6,16H,7-8H2,1H3. The van der Waals surface area contributed by atoms with Crippen molar-refractivity contribution in [3.8, 4) is 0 Å². The van der Waals surface area contributed by atoms with Crippen LogP contribution in [0.15, 0.2) is 47.4 Å². The highest BCUT2D eigenvalue weighted by Crippen LogP contribution is 2.18. The van der Waals surface area contributed by atoms with Gasteiger partial charge in [0.25, 0.3) is 0 Å². The molecule has 1 aromatic carbocycles. The molecule has 1 N–H and O–H groups in total. The molecule has 16 heavy (non-hydrogen) atoms. The molecule has 0 fully saturated rings. The normalized spacial score (nSPS) is 15.8. The number of allylic oxidation sites excluding steroid dienone is 3. The van der Waals surface area contributed by atoms with Gasteiger partial charge in [-0.2, -0.15) is 0 Å².